The Morgan fingerprint density at radius 2 is 1.65 bits per heavy atom. The van der Waals surface area contributed by atoms with Gasteiger partial charge in [-0.1, -0.05) is 0 Å². The van der Waals surface area contributed by atoms with E-state index < -0.39 is 36.9 Å². The number of carbonyl (C=O) groups is 1. The van der Waals surface area contributed by atoms with Crippen molar-refractivity contribution in [2.75, 3.05) is 19.8 Å². The van der Waals surface area contributed by atoms with Gasteiger partial charge in [0.15, 0.2) is 6.10 Å². The molecule has 0 spiro atoms. The molecule has 8 heteroatoms. The molecule has 0 aliphatic heterocycles. The second-order valence-electron chi connectivity index (χ2n) is 3.54. The number of carbonyl (C=O) groups excluding carboxylic acids is 1. The molecule has 1 amide bonds. The van der Waals surface area contributed by atoms with Gasteiger partial charge in [-0.15, -0.1) is 0 Å². The lowest BCUT2D eigenvalue weighted by Crippen LogP contribution is -2.51. The Morgan fingerprint density at radius 3 is 2.12 bits per heavy atom. The van der Waals surface area contributed by atoms with Crippen LogP contribution in [0.3, 0.4) is 0 Å². The minimum atomic E-state index is -1.93. The van der Waals surface area contributed by atoms with Gasteiger partial charge in [-0.2, -0.15) is 0 Å². The third kappa shape index (κ3) is 5.39. The van der Waals surface area contributed by atoms with Gasteiger partial charge in [-0.25, -0.2) is 0 Å². The van der Waals surface area contributed by atoms with E-state index in [0.717, 1.165) is 0 Å². The molecule has 4 atom stereocenters. The molecule has 0 saturated heterocycles. The van der Waals surface area contributed by atoms with E-state index in [9.17, 15) is 20.1 Å². The van der Waals surface area contributed by atoms with Crippen LogP contribution >= 0.6 is 0 Å². The molecular formula is C9H19NO7. The summed E-state index contributed by atoms with van der Waals surface area (Å²) in [7, 11) is 0. The molecule has 8 nitrogen and oxygen atoms in total. The normalized spacial score (nSPS) is 18.2. The Kier molecular flexibility index (Phi) is 7.96. The number of aliphatic hydroxyl groups is 6. The lowest BCUT2D eigenvalue weighted by Gasteiger charge is -2.24. The van der Waals surface area contributed by atoms with Crippen molar-refractivity contribution in [2.24, 2.45) is 0 Å². The van der Waals surface area contributed by atoms with Gasteiger partial charge in [0.2, 0.25) is 0 Å². The molecule has 0 aromatic heterocycles. The first-order valence-electron chi connectivity index (χ1n) is 5.17. The van der Waals surface area contributed by atoms with Gasteiger partial charge < -0.3 is 36.0 Å². The highest BCUT2D eigenvalue weighted by Crippen LogP contribution is 2.05. The van der Waals surface area contributed by atoms with Crippen LogP contribution in [-0.4, -0.2) is 80.7 Å². The van der Waals surface area contributed by atoms with Crippen LogP contribution in [0, 0.1) is 0 Å². The van der Waals surface area contributed by atoms with E-state index in [1.807, 2.05) is 0 Å². The van der Waals surface area contributed by atoms with Crippen molar-refractivity contribution in [1.29, 1.82) is 0 Å². The molecule has 7 N–H and O–H groups in total. The highest BCUT2D eigenvalue weighted by molar-refractivity contribution is 5.81. The van der Waals surface area contributed by atoms with Gasteiger partial charge in [-0.3, -0.25) is 4.79 Å². The molecule has 0 rings (SSSR count). The standard InChI is InChI=1S/C9H19NO7/c11-3-1-2-10-9(17)8(16)7(15)6(14)5(13)4-12/h5-8,11-16H,1-4H2,(H,10,17). The zero-order valence-corrected chi connectivity index (χ0v) is 9.23. The van der Waals surface area contributed by atoms with Gasteiger partial charge in [0.25, 0.3) is 5.91 Å². The number of nitrogens with one attached hydrogen (secondary N) is 1. The molecule has 4 unspecified atom stereocenters. The largest absolute Gasteiger partial charge is 0.396 e. The van der Waals surface area contributed by atoms with E-state index in [2.05, 4.69) is 5.32 Å². The maximum absolute atomic E-state index is 11.2. The van der Waals surface area contributed by atoms with Crippen molar-refractivity contribution in [3.63, 3.8) is 0 Å². The summed E-state index contributed by atoms with van der Waals surface area (Å²) in [4.78, 5) is 11.2. The Hall–Kier alpha value is -0.770. The predicted octanol–water partition coefficient (Wildman–Crippen LogP) is -4.08. The minimum Gasteiger partial charge on any atom is -0.396 e. The quantitative estimate of drug-likeness (QED) is 0.217. The van der Waals surface area contributed by atoms with E-state index in [1.165, 1.54) is 0 Å². The molecule has 0 fully saturated rings. The topological polar surface area (TPSA) is 150 Å². The van der Waals surface area contributed by atoms with Gasteiger partial charge in [0.05, 0.1) is 6.61 Å². The number of rotatable bonds is 8. The van der Waals surface area contributed by atoms with E-state index in [-0.39, 0.29) is 19.6 Å². The average molecular weight is 253 g/mol. The van der Waals surface area contributed by atoms with Crippen LogP contribution in [0.2, 0.25) is 0 Å². The smallest absolute Gasteiger partial charge is 0.251 e. The summed E-state index contributed by atoms with van der Waals surface area (Å²) in [6, 6.07) is 0. The lowest BCUT2D eigenvalue weighted by molar-refractivity contribution is -0.148. The molecule has 0 aromatic rings. The van der Waals surface area contributed by atoms with Crippen LogP contribution in [0.25, 0.3) is 0 Å². The maximum atomic E-state index is 11.2. The third-order valence-electron chi connectivity index (χ3n) is 2.16. The van der Waals surface area contributed by atoms with Crippen LogP contribution in [0.5, 0.6) is 0 Å². The third-order valence-corrected chi connectivity index (χ3v) is 2.16. The monoisotopic (exact) mass is 253 g/mol. The van der Waals surface area contributed by atoms with E-state index in [0.29, 0.717) is 0 Å². The van der Waals surface area contributed by atoms with Crippen molar-refractivity contribution >= 4 is 5.91 Å². The van der Waals surface area contributed by atoms with Crippen molar-refractivity contribution in [3.8, 4) is 0 Å². The zero-order valence-electron chi connectivity index (χ0n) is 9.23. The maximum Gasteiger partial charge on any atom is 0.251 e. The fourth-order valence-corrected chi connectivity index (χ4v) is 1.07. The van der Waals surface area contributed by atoms with Gasteiger partial charge in [0.1, 0.15) is 18.3 Å². The minimum absolute atomic E-state index is 0.109. The van der Waals surface area contributed by atoms with Crippen LogP contribution in [-0.2, 0) is 4.79 Å². The first-order chi connectivity index (χ1) is 7.95. The second-order valence-corrected chi connectivity index (χ2v) is 3.54. The molecule has 0 saturated carbocycles. The van der Waals surface area contributed by atoms with Crippen molar-refractivity contribution in [2.45, 2.75) is 30.8 Å². The van der Waals surface area contributed by atoms with Crippen LogP contribution in [0.1, 0.15) is 6.42 Å². The molecule has 0 heterocycles. The number of amides is 1. The van der Waals surface area contributed by atoms with Crippen LogP contribution in [0.15, 0.2) is 0 Å². The van der Waals surface area contributed by atoms with E-state index in [4.69, 9.17) is 15.3 Å². The Morgan fingerprint density at radius 1 is 1.06 bits per heavy atom. The van der Waals surface area contributed by atoms with Gasteiger partial charge in [0, 0.05) is 13.2 Å². The first-order valence-corrected chi connectivity index (χ1v) is 5.17. The molecule has 0 aliphatic carbocycles. The number of hydrogen-bond acceptors (Lipinski definition) is 7. The molecule has 0 radical (unpaired) electrons. The molecule has 17 heavy (non-hydrogen) atoms. The average Bonchev–Trinajstić information content (AvgIpc) is 2.35. The fraction of sp³-hybridized carbons (Fsp3) is 0.889. The number of hydrogen-bond donors (Lipinski definition) is 7. The molecular weight excluding hydrogens is 234 g/mol. The molecule has 0 aromatic carbocycles. The Labute approximate surface area is 98.1 Å². The first kappa shape index (κ1) is 16.2. The van der Waals surface area contributed by atoms with Crippen molar-refractivity contribution < 1.29 is 35.4 Å². The van der Waals surface area contributed by atoms with Crippen molar-refractivity contribution in [3.05, 3.63) is 0 Å². The van der Waals surface area contributed by atoms with Gasteiger partial charge >= 0.3 is 0 Å². The Balaban J connectivity index is 4.18. The summed E-state index contributed by atoms with van der Waals surface area (Å²) in [6.45, 7) is -0.834. The summed E-state index contributed by atoms with van der Waals surface area (Å²) in [5, 5.41) is 56.1. The molecule has 0 bridgehead atoms. The summed E-state index contributed by atoms with van der Waals surface area (Å²) in [6.07, 6.45) is -7.03. The fourth-order valence-electron chi connectivity index (χ4n) is 1.07. The van der Waals surface area contributed by atoms with Crippen LogP contribution < -0.4 is 5.32 Å². The predicted molar refractivity (Wildman–Crippen MR) is 55.8 cm³/mol. The van der Waals surface area contributed by atoms with Crippen LogP contribution in [0.4, 0.5) is 0 Å². The number of aliphatic hydroxyl groups excluding tert-OH is 6. The summed E-state index contributed by atoms with van der Waals surface area (Å²) >= 11 is 0. The zero-order chi connectivity index (χ0) is 13.4. The molecule has 102 valence electrons. The summed E-state index contributed by atoms with van der Waals surface area (Å²) in [5.74, 6) is -0.935. The summed E-state index contributed by atoms with van der Waals surface area (Å²) in [5.41, 5.74) is 0. The van der Waals surface area contributed by atoms with Gasteiger partial charge in [-0.05, 0) is 6.42 Å². The highest BCUT2D eigenvalue weighted by Gasteiger charge is 2.33. The lowest BCUT2D eigenvalue weighted by atomic mass is 10.0. The van der Waals surface area contributed by atoms with Crippen molar-refractivity contribution in [1.82, 2.24) is 5.32 Å². The SMILES string of the molecule is O=C(NCCCO)C(O)C(O)C(O)C(O)CO. The van der Waals surface area contributed by atoms with E-state index in [1.54, 1.807) is 0 Å². The highest BCUT2D eigenvalue weighted by atomic mass is 16.4. The molecule has 0 aliphatic rings. The summed E-state index contributed by atoms with van der Waals surface area (Å²) < 4.78 is 0. The second kappa shape index (κ2) is 8.34. The Bertz CT molecular complexity index is 225. The van der Waals surface area contributed by atoms with E-state index >= 15 is 0 Å².